The van der Waals surface area contributed by atoms with Crippen LogP contribution in [-0.2, 0) is 4.84 Å². The Morgan fingerprint density at radius 3 is 2.73 bits per heavy atom. The van der Waals surface area contributed by atoms with E-state index in [4.69, 9.17) is 15.2 Å². The molecule has 136 valence electrons. The average Bonchev–Trinajstić information content (AvgIpc) is 2.63. The molecule has 8 heteroatoms. The maximum atomic E-state index is 14.1. The molecule has 0 aliphatic heterocycles. The van der Waals surface area contributed by atoms with Crippen molar-refractivity contribution in [3.05, 3.63) is 58.9 Å². The third-order valence-electron chi connectivity index (χ3n) is 3.44. The van der Waals surface area contributed by atoms with E-state index < -0.39 is 24.4 Å². The van der Waals surface area contributed by atoms with Gasteiger partial charge >= 0.3 is 0 Å². The van der Waals surface area contributed by atoms with E-state index in [1.807, 2.05) is 6.07 Å². The van der Waals surface area contributed by atoms with Crippen LogP contribution in [0, 0.1) is 24.1 Å². The number of hydroxylamine groups is 1. The normalized spacial score (nSPS) is 11.5. The maximum absolute atomic E-state index is 14.1. The second kappa shape index (κ2) is 8.92. The monoisotopic (exact) mass is 359 g/mol. The van der Waals surface area contributed by atoms with Crippen LogP contribution >= 0.6 is 0 Å². The first kappa shape index (κ1) is 19.3. The Balaban J connectivity index is 2.23. The summed E-state index contributed by atoms with van der Waals surface area (Å²) >= 11 is 0. The number of hydrogen-bond acceptors (Lipinski definition) is 6. The van der Waals surface area contributed by atoms with Crippen LogP contribution in [0.25, 0.3) is 0 Å². The molecular weight excluding hydrogens is 341 g/mol. The van der Waals surface area contributed by atoms with Crippen LogP contribution in [-0.4, -0.2) is 35.4 Å². The highest BCUT2D eigenvalue weighted by Crippen LogP contribution is 2.25. The molecule has 0 fully saturated rings. The minimum absolute atomic E-state index is 0.113. The number of carbonyl (C=O) groups is 1. The SMILES string of the molecule is Cc1ccc(Nc2cc(C#N)ccc2C(=O)NOCC(O)CO)c(F)c1. The number of rotatable bonds is 7. The molecule has 0 saturated carbocycles. The summed E-state index contributed by atoms with van der Waals surface area (Å²) in [5.74, 6) is -1.16. The van der Waals surface area contributed by atoms with Crippen LogP contribution in [0.2, 0.25) is 0 Å². The van der Waals surface area contributed by atoms with Crippen LogP contribution in [0.4, 0.5) is 15.8 Å². The van der Waals surface area contributed by atoms with Crippen LogP contribution in [0.5, 0.6) is 0 Å². The van der Waals surface area contributed by atoms with E-state index in [9.17, 15) is 14.3 Å². The van der Waals surface area contributed by atoms with E-state index in [2.05, 4.69) is 10.8 Å². The molecule has 1 unspecified atom stereocenters. The Labute approximate surface area is 149 Å². The summed E-state index contributed by atoms with van der Waals surface area (Å²) < 4.78 is 14.1. The van der Waals surface area contributed by atoms with E-state index >= 15 is 0 Å². The van der Waals surface area contributed by atoms with Gasteiger partial charge < -0.3 is 15.5 Å². The zero-order valence-electron chi connectivity index (χ0n) is 14.0. The highest BCUT2D eigenvalue weighted by atomic mass is 19.1. The first-order chi connectivity index (χ1) is 12.4. The molecule has 0 bridgehead atoms. The third-order valence-corrected chi connectivity index (χ3v) is 3.44. The molecular formula is C18H18FN3O4. The Morgan fingerprint density at radius 1 is 1.31 bits per heavy atom. The zero-order chi connectivity index (χ0) is 19.1. The Morgan fingerprint density at radius 2 is 2.08 bits per heavy atom. The molecule has 0 aliphatic carbocycles. The summed E-state index contributed by atoms with van der Waals surface area (Å²) in [7, 11) is 0. The largest absolute Gasteiger partial charge is 0.394 e. The molecule has 26 heavy (non-hydrogen) atoms. The van der Waals surface area contributed by atoms with Crippen molar-refractivity contribution < 1.29 is 24.2 Å². The molecule has 0 heterocycles. The van der Waals surface area contributed by atoms with Crippen molar-refractivity contribution in [1.29, 1.82) is 5.26 Å². The number of benzene rings is 2. The lowest BCUT2D eigenvalue weighted by Gasteiger charge is -2.14. The van der Waals surface area contributed by atoms with Gasteiger partial charge in [0.05, 0.1) is 35.2 Å². The minimum Gasteiger partial charge on any atom is -0.394 e. The van der Waals surface area contributed by atoms with E-state index in [-0.39, 0.29) is 29.1 Å². The third kappa shape index (κ3) is 5.00. The van der Waals surface area contributed by atoms with Gasteiger partial charge in [0, 0.05) is 0 Å². The number of nitrogens with zero attached hydrogens (tertiary/aromatic N) is 1. The van der Waals surface area contributed by atoms with Gasteiger partial charge in [-0.15, -0.1) is 0 Å². The van der Waals surface area contributed by atoms with E-state index in [0.29, 0.717) is 0 Å². The van der Waals surface area contributed by atoms with E-state index in [0.717, 1.165) is 5.56 Å². The van der Waals surface area contributed by atoms with Crippen molar-refractivity contribution in [2.45, 2.75) is 13.0 Å². The fourth-order valence-electron chi connectivity index (χ4n) is 2.09. The fraction of sp³-hybridized carbons (Fsp3) is 0.222. The summed E-state index contributed by atoms with van der Waals surface area (Å²) in [6.07, 6.45) is -1.13. The summed E-state index contributed by atoms with van der Waals surface area (Å²) in [6.45, 7) is 0.945. The van der Waals surface area contributed by atoms with Gasteiger partial charge in [-0.2, -0.15) is 5.26 Å². The van der Waals surface area contributed by atoms with Gasteiger partial charge in [-0.05, 0) is 42.8 Å². The number of nitrogens with one attached hydrogen (secondary N) is 2. The van der Waals surface area contributed by atoms with Crippen molar-refractivity contribution in [1.82, 2.24) is 5.48 Å². The number of anilines is 2. The number of aryl methyl sites for hydroxylation is 1. The van der Waals surface area contributed by atoms with Crippen molar-refractivity contribution >= 4 is 17.3 Å². The van der Waals surface area contributed by atoms with Gasteiger partial charge in [-0.1, -0.05) is 6.07 Å². The predicted molar refractivity (Wildman–Crippen MR) is 92.1 cm³/mol. The van der Waals surface area contributed by atoms with Crippen molar-refractivity contribution in [3.63, 3.8) is 0 Å². The smallest absolute Gasteiger partial charge is 0.276 e. The average molecular weight is 359 g/mol. The number of hydrogen-bond donors (Lipinski definition) is 4. The van der Waals surface area contributed by atoms with Crippen LogP contribution in [0.3, 0.4) is 0 Å². The summed E-state index contributed by atoms with van der Waals surface area (Å²) in [5, 5.41) is 29.8. The topological polar surface area (TPSA) is 115 Å². The zero-order valence-corrected chi connectivity index (χ0v) is 14.0. The standard InChI is InChI=1S/C18H18FN3O4/c1-11-2-5-16(15(19)6-11)21-17-7-12(8-20)3-4-14(17)18(25)22-26-10-13(24)9-23/h2-7,13,21,23-24H,9-10H2,1H3,(H,22,25). The van der Waals surface area contributed by atoms with Gasteiger partial charge in [-0.3, -0.25) is 9.63 Å². The highest BCUT2D eigenvalue weighted by molar-refractivity contribution is 6.00. The van der Waals surface area contributed by atoms with Crippen molar-refractivity contribution in [2.75, 3.05) is 18.5 Å². The Kier molecular flexibility index (Phi) is 6.63. The van der Waals surface area contributed by atoms with Crippen molar-refractivity contribution in [3.8, 4) is 6.07 Å². The molecule has 0 radical (unpaired) electrons. The molecule has 4 N–H and O–H groups in total. The molecule has 0 saturated heterocycles. The van der Waals surface area contributed by atoms with Gasteiger partial charge in [-0.25, -0.2) is 9.87 Å². The number of carbonyl (C=O) groups excluding carboxylic acids is 1. The van der Waals surface area contributed by atoms with Crippen LogP contribution in [0.15, 0.2) is 36.4 Å². The number of aliphatic hydroxyl groups excluding tert-OH is 2. The Hall–Kier alpha value is -2.99. The number of aliphatic hydroxyl groups is 2. The Bertz CT molecular complexity index is 836. The summed E-state index contributed by atoms with van der Waals surface area (Å²) in [5.41, 5.74) is 3.63. The lowest BCUT2D eigenvalue weighted by Crippen LogP contribution is -2.30. The van der Waals surface area contributed by atoms with E-state index in [1.54, 1.807) is 13.0 Å². The molecule has 2 aromatic carbocycles. The fourth-order valence-corrected chi connectivity index (χ4v) is 2.09. The quantitative estimate of drug-likeness (QED) is 0.560. The highest BCUT2D eigenvalue weighted by Gasteiger charge is 2.15. The van der Waals surface area contributed by atoms with Crippen LogP contribution < -0.4 is 10.8 Å². The number of nitriles is 1. The van der Waals surface area contributed by atoms with Crippen LogP contribution in [0.1, 0.15) is 21.5 Å². The van der Waals surface area contributed by atoms with Gasteiger partial charge in [0.2, 0.25) is 0 Å². The lowest BCUT2D eigenvalue weighted by molar-refractivity contribution is -0.0295. The molecule has 0 aromatic heterocycles. The molecule has 0 spiro atoms. The molecule has 1 amide bonds. The van der Waals surface area contributed by atoms with E-state index in [1.165, 1.54) is 30.3 Å². The first-order valence-corrected chi connectivity index (χ1v) is 7.73. The van der Waals surface area contributed by atoms with Crippen molar-refractivity contribution in [2.24, 2.45) is 0 Å². The minimum atomic E-state index is -1.13. The second-order valence-electron chi connectivity index (χ2n) is 5.56. The molecule has 2 aromatic rings. The molecule has 7 nitrogen and oxygen atoms in total. The van der Waals surface area contributed by atoms with Gasteiger partial charge in [0.15, 0.2) is 0 Å². The first-order valence-electron chi connectivity index (χ1n) is 7.73. The molecule has 2 rings (SSSR count). The molecule has 0 aliphatic rings. The lowest BCUT2D eigenvalue weighted by atomic mass is 10.1. The van der Waals surface area contributed by atoms with Gasteiger partial charge in [0.1, 0.15) is 18.5 Å². The summed E-state index contributed by atoms with van der Waals surface area (Å²) in [4.78, 5) is 17.1. The number of amides is 1. The second-order valence-corrected chi connectivity index (χ2v) is 5.56. The van der Waals surface area contributed by atoms with Gasteiger partial charge in [0.25, 0.3) is 5.91 Å². The summed E-state index contributed by atoms with van der Waals surface area (Å²) in [6, 6.07) is 10.8. The predicted octanol–water partition coefficient (Wildman–Crippen LogP) is 1.76. The maximum Gasteiger partial charge on any atom is 0.276 e. The number of halogens is 1. The molecule has 1 atom stereocenters.